The van der Waals surface area contributed by atoms with Crippen LogP contribution in [0.1, 0.15) is 46.3 Å². The van der Waals surface area contributed by atoms with E-state index in [9.17, 15) is 9.90 Å². The number of aromatic nitrogens is 3. The zero-order valence-corrected chi connectivity index (χ0v) is 15.7. The summed E-state index contributed by atoms with van der Waals surface area (Å²) in [6.45, 7) is 3.28. The Morgan fingerprint density at radius 3 is 2.81 bits per heavy atom. The number of carboxylic acid groups (broad SMARTS) is 1. The molecule has 7 heteroatoms. The molecule has 26 heavy (non-hydrogen) atoms. The number of aromatic carboxylic acids is 1. The number of hydrogen-bond donors (Lipinski definition) is 1. The van der Waals surface area contributed by atoms with Gasteiger partial charge in [-0.1, -0.05) is 18.2 Å². The van der Waals surface area contributed by atoms with Crippen LogP contribution in [-0.2, 0) is 20.1 Å². The van der Waals surface area contributed by atoms with Crippen molar-refractivity contribution in [1.82, 2.24) is 24.6 Å². The molecule has 0 saturated carbocycles. The highest BCUT2D eigenvalue weighted by molar-refractivity contribution is 5.89. The van der Waals surface area contributed by atoms with E-state index in [2.05, 4.69) is 24.6 Å². The molecule has 1 saturated heterocycles. The van der Waals surface area contributed by atoms with Crippen molar-refractivity contribution in [3.8, 4) is 0 Å². The average Bonchev–Trinajstić information content (AvgIpc) is 2.95. The van der Waals surface area contributed by atoms with Gasteiger partial charge in [-0.15, -0.1) is 10.2 Å². The van der Waals surface area contributed by atoms with Gasteiger partial charge < -0.3 is 14.6 Å². The summed E-state index contributed by atoms with van der Waals surface area (Å²) >= 11 is 0. The second kappa shape index (κ2) is 7.97. The van der Waals surface area contributed by atoms with Crippen LogP contribution in [0, 0.1) is 0 Å². The molecule has 3 rings (SSSR count). The van der Waals surface area contributed by atoms with E-state index in [1.165, 1.54) is 0 Å². The molecule has 0 unspecified atom stereocenters. The van der Waals surface area contributed by atoms with Gasteiger partial charge in [-0.3, -0.25) is 4.90 Å². The molecular weight excluding hydrogens is 330 g/mol. The fraction of sp³-hybridized carbons (Fsp3) is 0.526. The number of rotatable bonds is 6. The van der Waals surface area contributed by atoms with Crippen molar-refractivity contribution in [3.05, 3.63) is 47.0 Å². The van der Waals surface area contributed by atoms with Crippen molar-refractivity contribution in [2.24, 2.45) is 7.05 Å². The maximum atomic E-state index is 11.4. The molecule has 0 bridgehead atoms. The van der Waals surface area contributed by atoms with Crippen LogP contribution in [0.15, 0.2) is 24.3 Å². The fourth-order valence-electron chi connectivity index (χ4n) is 3.67. The Bertz CT molecular complexity index is 771. The second-order valence-electron chi connectivity index (χ2n) is 7.31. The first-order valence-electron chi connectivity index (χ1n) is 9.02. The van der Waals surface area contributed by atoms with Crippen molar-refractivity contribution in [1.29, 1.82) is 0 Å². The van der Waals surface area contributed by atoms with Crippen molar-refractivity contribution < 1.29 is 9.90 Å². The minimum atomic E-state index is -0.865. The Labute approximate surface area is 154 Å². The molecule has 0 spiro atoms. The van der Waals surface area contributed by atoms with Gasteiger partial charge in [-0.25, -0.2) is 4.79 Å². The minimum absolute atomic E-state index is 0.328. The van der Waals surface area contributed by atoms with E-state index in [-0.39, 0.29) is 0 Å². The van der Waals surface area contributed by atoms with Crippen LogP contribution >= 0.6 is 0 Å². The van der Waals surface area contributed by atoms with Gasteiger partial charge >= 0.3 is 5.97 Å². The Kier molecular flexibility index (Phi) is 5.68. The molecule has 1 aliphatic rings. The lowest BCUT2D eigenvalue weighted by molar-refractivity contribution is 0.0694. The van der Waals surface area contributed by atoms with Crippen LogP contribution in [0.4, 0.5) is 0 Å². The largest absolute Gasteiger partial charge is 0.478 e. The third-order valence-electron chi connectivity index (χ3n) is 4.97. The second-order valence-corrected chi connectivity index (χ2v) is 7.31. The summed E-state index contributed by atoms with van der Waals surface area (Å²) in [6.07, 6.45) is 2.17. The molecule has 140 valence electrons. The third kappa shape index (κ3) is 4.11. The van der Waals surface area contributed by atoms with Crippen LogP contribution in [0.5, 0.6) is 0 Å². The maximum Gasteiger partial charge on any atom is 0.336 e. The molecular formula is C19H27N5O2. The van der Waals surface area contributed by atoms with E-state index >= 15 is 0 Å². The van der Waals surface area contributed by atoms with Gasteiger partial charge in [-0.05, 0) is 45.1 Å². The Balaban J connectivity index is 1.72. The fourth-order valence-corrected chi connectivity index (χ4v) is 3.67. The molecule has 1 aliphatic heterocycles. The monoisotopic (exact) mass is 357 g/mol. The lowest BCUT2D eigenvalue weighted by Crippen LogP contribution is -2.35. The van der Waals surface area contributed by atoms with Gasteiger partial charge in [0.05, 0.1) is 12.1 Å². The molecule has 0 amide bonds. The predicted molar refractivity (Wildman–Crippen MR) is 99.0 cm³/mol. The van der Waals surface area contributed by atoms with Crippen LogP contribution in [0.2, 0.25) is 0 Å². The number of likely N-dealkylation sites (tertiary alicyclic amines) is 1. The lowest BCUT2D eigenvalue weighted by Gasteiger charge is -2.32. The smallest absolute Gasteiger partial charge is 0.336 e. The quantitative estimate of drug-likeness (QED) is 0.852. The molecule has 1 aromatic heterocycles. The highest BCUT2D eigenvalue weighted by Gasteiger charge is 2.26. The van der Waals surface area contributed by atoms with Gasteiger partial charge in [0.2, 0.25) is 0 Å². The molecule has 1 fully saturated rings. The number of nitrogens with zero attached hydrogens (tertiary/aromatic N) is 5. The molecule has 2 heterocycles. The van der Waals surface area contributed by atoms with E-state index in [0.717, 1.165) is 49.7 Å². The highest BCUT2D eigenvalue weighted by atomic mass is 16.4. The maximum absolute atomic E-state index is 11.4. The summed E-state index contributed by atoms with van der Waals surface area (Å²) in [7, 11) is 6.08. The summed E-state index contributed by atoms with van der Waals surface area (Å²) in [5.74, 6) is 1.46. The number of carbonyl (C=O) groups is 1. The lowest BCUT2D eigenvalue weighted by atomic mass is 9.96. The first-order valence-corrected chi connectivity index (χ1v) is 9.02. The van der Waals surface area contributed by atoms with Gasteiger partial charge in [0.25, 0.3) is 0 Å². The van der Waals surface area contributed by atoms with Crippen molar-refractivity contribution in [2.75, 3.05) is 27.2 Å². The summed E-state index contributed by atoms with van der Waals surface area (Å²) < 4.78 is 2.11. The van der Waals surface area contributed by atoms with Gasteiger partial charge in [-0.2, -0.15) is 0 Å². The van der Waals surface area contributed by atoms with Crippen LogP contribution < -0.4 is 0 Å². The standard InChI is InChI=1S/C19H27N5O2/c1-22(2)13-17-20-21-18(23(17)3)15-8-6-10-24(12-15)11-14-7-4-5-9-16(14)19(25)26/h4-5,7,9,15H,6,8,10-13H2,1-3H3,(H,25,26)/t15-/m0/s1. The van der Waals surface area contributed by atoms with E-state index in [1.54, 1.807) is 12.1 Å². The number of benzene rings is 1. The van der Waals surface area contributed by atoms with E-state index in [4.69, 9.17) is 0 Å². The Morgan fingerprint density at radius 1 is 1.31 bits per heavy atom. The van der Waals surface area contributed by atoms with Crippen LogP contribution in [0.25, 0.3) is 0 Å². The van der Waals surface area contributed by atoms with E-state index < -0.39 is 5.97 Å². The van der Waals surface area contributed by atoms with Crippen LogP contribution in [0.3, 0.4) is 0 Å². The van der Waals surface area contributed by atoms with Crippen molar-refractivity contribution >= 4 is 5.97 Å². The SMILES string of the molecule is CN(C)Cc1nnc([C@H]2CCCN(Cc3ccccc3C(=O)O)C2)n1C. The molecule has 0 aliphatic carbocycles. The zero-order chi connectivity index (χ0) is 18.7. The van der Waals surface area contributed by atoms with E-state index in [0.29, 0.717) is 18.0 Å². The Hall–Kier alpha value is -2.25. The van der Waals surface area contributed by atoms with Crippen molar-refractivity contribution in [3.63, 3.8) is 0 Å². The molecule has 7 nitrogen and oxygen atoms in total. The minimum Gasteiger partial charge on any atom is -0.478 e. The van der Waals surface area contributed by atoms with Gasteiger partial charge in [0.1, 0.15) is 11.6 Å². The van der Waals surface area contributed by atoms with Crippen molar-refractivity contribution in [2.45, 2.75) is 31.8 Å². The molecule has 1 N–H and O–H groups in total. The Morgan fingerprint density at radius 2 is 2.08 bits per heavy atom. The predicted octanol–water partition coefficient (Wildman–Crippen LogP) is 1.95. The number of carboxylic acids is 1. The van der Waals surface area contributed by atoms with Crippen LogP contribution in [-0.4, -0.2) is 62.8 Å². The zero-order valence-electron chi connectivity index (χ0n) is 15.7. The first kappa shape index (κ1) is 18.5. The highest BCUT2D eigenvalue weighted by Crippen LogP contribution is 2.27. The molecule has 2 aromatic rings. The number of piperidine rings is 1. The molecule has 1 aromatic carbocycles. The number of hydrogen-bond acceptors (Lipinski definition) is 5. The summed E-state index contributed by atoms with van der Waals surface area (Å²) in [4.78, 5) is 15.9. The normalized spacial score (nSPS) is 18.4. The van der Waals surface area contributed by atoms with Gasteiger partial charge in [0, 0.05) is 26.1 Å². The summed E-state index contributed by atoms with van der Waals surface area (Å²) in [6, 6.07) is 7.26. The topological polar surface area (TPSA) is 74.5 Å². The summed E-state index contributed by atoms with van der Waals surface area (Å²) in [5.41, 5.74) is 1.26. The average molecular weight is 357 g/mol. The summed E-state index contributed by atoms with van der Waals surface area (Å²) in [5, 5.41) is 18.2. The van der Waals surface area contributed by atoms with E-state index in [1.807, 2.05) is 33.3 Å². The third-order valence-corrected chi connectivity index (χ3v) is 4.97. The molecule has 1 atom stereocenters. The van der Waals surface area contributed by atoms with Gasteiger partial charge in [0.15, 0.2) is 0 Å². The molecule has 0 radical (unpaired) electrons. The first-order chi connectivity index (χ1) is 12.5.